The van der Waals surface area contributed by atoms with Crippen LogP contribution in [0.3, 0.4) is 0 Å². The Labute approximate surface area is 72.2 Å². The van der Waals surface area contributed by atoms with Gasteiger partial charge in [-0.1, -0.05) is 6.07 Å². The standard InChI is InChI=1S/C9H14N2O/c1-9(10,7-12)6-8-4-2-3-5-11-8/h2-5,12H,6-7,10H2,1H3/t9-/m0/s1. The Balaban J connectivity index is 2.64. The normalized spacial score (nSPS) is 15.6. The van der Waals surface area contributed by atoms with E-state index in [1.807, 2.05) is 25.1 Å². The smallest absolute Gasteiger partial charge is 0.0612 e. The van der Waals surface area contributed by atoms with Crippen molar-refractivity contribution in [2.75, 3.05) is 6.61 Å². The fourth-order valence-electron chi connectivity index (χ4n) is 0.972. The summed E-state index contributed by atoms with van der Waals surface area (Å²) in [6, 6.07) is 5.67. The summed E-state index contributed by atoms with van der Waals surface area (Å²) < 4.78 is 0. The topological polar surface area (TPSA) is 59.1 Å². The molecule has 12 heavy (non-hydrogen) atoms. The van der Waals surface area contributed by atoms with Crippen LogP contribution in [0.25, 0.3) is 0 Å². The summed E-state index contributed by atoms with van der Waals surface area (Å²) in [5.41, 5.74) is 6.11. The molecular formula is C9H14N2O. The van der Waals surface area contributed by atoms with Crippen LogP contribution in [0.15, 0.2) is 24.4 Å². The number of aromatic nitrogens is 1. The summed E-state index contributed by atoms with van der Waals surface area (Å²) in [6.45, 7) is 1.78. The minimum atomic E-state index is -0.561. The Hall–Kier alpha value is -0.930. The monoisotopic (exact) mass is 166 g/mol. The van der Waals surface area contributed by atoms with Crippen molar-refractivity contribution in [3.05, 3.63) is 30.1 Å². The molecule has 0 spiro atoms. The lowest BCUT2D eigenvalue weighted by Crippen LogP contribution is -2.42. The number of hydrogen-bond donors (Lipinski definition) is 2. The van der Waals surface area contributed by atoms with Crippen LogP contribution < -0.4 is 5.73 Å². The fraction of sp³-hybridized carbons (Fsp3) is 0.444. The van der Waals surface area contributed by atoms with Gasteiger partial charge in [-0.3, -0.25) is 4.98 Å². The average molecular weight is 166 g/mol. The second-order valence-corrected chi connectivity index (χ2v) is 3.31. The highest BCUT2D eigenvalue weighted by molar-refractivity contribution is 5.07. The van der Waals surface area contributed by atoms with Gasteiger partial charge >= 0.3 is 0 Å². The van der Waals surface area contributed by atoms with Crippen molar-refractivity contribution in [2.24, 2.45) is 5.73 Å². The zero-order valence-corrected chi connectivity index (χ0v) is 7.20. The Morgan fingerprint density at radius 1 is 1.58 bits per heavy atom. The third kappa shape index (κ3) is 2.60. The lowest BCUT2D eigenvalue weighted by Gasteiger charge is -2.20. The molecule has 1 aromatic heterocycles. The molecule has 0 aliphatic heterocycles. The number of hydrogen-bond acceptors (Lipinski definition) is 3. The second kappa shape index (κ2) is 3.65. The first-order chi connectivity index (χ1) is 5.64. The molecule has 0 aliphatic rings. The molecule has 0 bridgehead atoms. The van der Waals surface area contributed by atoms with E-state index in [4.69, 9.17) is 10.8 Å². The molecule has 3 N–H and O–H groups in total. The van der Waals surface area contributed by atoms with Gasteiger partial charge in [0, 0.05) is 23.9 Å². The van der Waals surface area contributed by atoms with Crippen LogP contribution >= 0.6 is 0 Å². The molecule has 0 saturated carbocycles. The average Bonchev–Trinajstić information content (AvgIpc) is 2.06. The summed E-state index contributed by atoms with van der Waals surface area (Å²) in [7, 11) is 0. The van der Waals surface area contributed by atoms with Crippen molar-refractivity contribution in [1.29, 1.82) is 0 Å². The Kier molecular flexibility index (Phi) is 2.78. The van der Waals surface area contributed by atoms with E-state index in [9.17, 15) is 0 Å². The molecule has 1 heterocycles. The van der Waals surface area contributed by atoms with Crippen molar-refractivity contribution >= 4 is 0 Å². The summed E-state index contributed by atoms with van der Waals surface area (Å²) in [5.74, 6) is 0. The fourth-order valence-corrected chi connectivity index (χ4v) is 0.972. The molecule has 0 saturated heterocycles. The minimum absolute atomic E-state index is 0.0242. The van der Waals surface area contributed by atoms with E-state index in [0.29, 0.717) is 6.42 Å². The van der Waals surface area contributed by atoms with Gasteiger partial charge in [0.25, 0.3) is 0 Å². The van der Waals surface area contributed by atoms with E-state index < -0.39 is 5.54 Å². The van der Waals surface area contributed by atoms with Gasteiger partial charge in [-0.15, -0.1) is 0 Å². The molecule has 0 aliphatic carbocycles. The van der Waals surface area contributed by atoms with E-state index in [0.717, 1.165) is 5.69 Å². The number of nitrogens with two attached hydrogens (primary N) is 1. The third-order valence-electron chi connectivity index (χ3n) is 1.67. The van der Waals surface area contributed by atoms with Crippen LogP contribution in [0.1, 0.15) is 12.6 Å². The van der Waals surface area contributed by atoms with E-state index in [1.54, 1.807) is 6.20 Å². The molecule has 0 radical (unpaired) electrons. The highest BCUT2D eigenvalue weighted by Gasteiger charge is 2.17. The number of pyridine rings is 1. The summed E-state index contributed by atoms with van der Waals surface area (Å²) >= 11 is 0. The summed E-state index contributed by atoms with van der Waals surface area (Å²) in [5, 5.41) is 8.90. The van der Waals surface area contributed by atoms with Crippen molar-refractivity contribution < 1.29 is 5.11 Å². The second-order valence-electron chi connectivity index (χ2n) is 3.31. The zero-order chi connectivity index (χ0) is 9.03. The lowest BCUT2D eigenvalue weighted by molar-refractivity contribution is 0.207. The maximum atomic E-state index is 8.90. The molecule has 0 aromatic carbocycles. The largest absolute Gasteiger partial charge is 0.394 e. The van der Waals surface area contributed by atoms with Gasteiger partial charge in [0.15, 0.2) is 0 Å². The highest BCUT2D eigenvalue weighted by atomic mass is 16.3. The van der Waals surface area contributed by atoms with Gasteiger partial charge < -0.3 is 10.8 Å². The molecule has 0 amide bonds. The first-order valence-electron chi connectivity index (χ1n) is 3.94. The Bertz CT molecular complexity index is 234. The first-order valence-corrected chi connectivity index (χ1v) is 3.94. The summed E-state index contributed by atoms with van der Waals surface area (Å²) in [4.78, 5) is 4.12. The maximum Gasteiger partial charge on any atom is 0.0612 e. The van der Waals surface area contributed by atoms with Crippen LogP contribution in [0, 0.1) is 0 Å². The van der Waals surface area contributed by atoms with Crippen LogP contribution in [-0.4, -0.2) is 22.2 Å². The van der Waals surface area contributed by atoms with Gasteiger partial charge in [0.05, 0.1) is 6.61 Å². The van der Waals surface area contributed by atoms with Crippen molar-refractivity contribution in [2.45, 2.75) is 18.9 Å². The van der Waals surface area contributed by atoms with E-state index in [-0.39, 0.29) is 6.61 Å². The van der Waals surface area contributed by atoms with Crippen molar-refractivity contribution in [3.63, 3.8) is 0 Å². The SMILES string of the molecule is C[C@@](N)(CO)Cc1ccccn1. The Morgan fingerprint density at radius 3 is 2.83 bits per heavy atom. The van der Waals surface area contributed by atoms with Crippen LogP contribution in [-0.2, 0) is 6.42 Å². The quantitative estimate of drug-likeness (QED) is 0.680. The molecule has 1 rings (SSSR count). The number of nitrogens with zero attached hydrogens (tertiary/aromatic N) is 1. The minimum Gasteiger partial charge on any atom is -0.394 e. The van der Waals surface area contributed by atoms with Crippen molar-refractivity contribution in [3.8, 4) is 0 Å². The molecule has 0 fully saturated rings. The number of aliphatic hydroxyl groups is 1. The van der Waals surface area contributed by atoms with Gasteiger partial charge in [-0.05, 0) is 19.1 Å². The number of aliphatic hydroxyl groups excluding tert-OH is 1. The molecule has 3 heteroatoms. The Morgan fingerprint density at radius 2 is 2.33 bits per heavy atom. The van der Waals surface area contributed by atoms with Gasteiger partial charge in [-0.2, -0.15) is 0 Å². The summed E-state index contributed by atoms with van der Waals surface area (Å²) in [6.07, 6.45) is 2.33. The van der Waals surface area contributed by atoms with E-state index in [1.165, 1.54) is 0 Å². The number of rotatable bonds is 3. The van der Waals surface area contributed by atoms with Crippen molar-refractivity contribution in [1.82, 2.24) is 4.98 Å². The van der Waals surface area contributed by atoms with Crippen LogP contribution in [0.5, 0.6) is 0 Å². The molecule has 1 atom stereocenters. The van der Waals surface area contributed by atoms with Crippen LogP contribution in [0.4, 0.5) is 0 Å². The highest BCUT2D eigenvalue weighted by Crippen LogP contribution is 2.06. The molecule has 0 unspecified atom stereocenters. The predicted molar refractivity (Wildman–Crippen MR) is 47.6 cm³/mol. The maximum absolute atomic E-state index is 8.90. The zero-order valence-electron chi connectivity index (χ0n) is 7.20. The molecule has 1 aromatic rings. The lowest BCUT2D eigenvalue weighted by atomic mass is 9.98. The van der Waals surface area contributed by atoms with E-state index >= 15 is 0 Å². The molecule has 66 valence electrons. The van der Waals surface area contributed by atoms with E-state index in [2.05, 4.69) is 4.98 Å². The predicted octanol–water partition coefficient (Wildman–Crippen LogP) is 0.334. The first kappa shape index (κ1) is 9.16. The van der Waals surface area contributed by atoms with Gasteiger partial charge in [-0.25, -0.2) is 0 Å². The molecular weight excluding hydrogens is 152 g/mol. The van der Waals surface area contributed by atoms with Crippen LogP contribution in [0.2, 0.25) is 0 Å². The van der Waals surface area contributed by atoms with Gasteiger partial charge in [0.2, 0.25) is 0 Å². The van der Waals surface area contributed by atoms with Gasteiger partial charge in [0.1, 0.15) is 0 Å². The third-order valence-corrected chi connectivity index (χ3v) is 1.67. The molecule has 3 nitrogen and oxygen atoms in total.